The third-order valence-corrected chi connectivity index (χ3v) is 7.09. The SMILES string of the molecule is NC(=O)[C@H](Cc1ccc2ccccc2c1)NC(=O)[C@H](CCCN=C(N)N)NC(=O)[C@H](CCCN=C(N)N)NC(=O)c1ccccc1. The summed E-state index contributed by atoms with van der Waals surface area (Å²) >= 11 is 0. The summed E-state index contributed by atoms with van der Waals surface area (Å²) in [5.41, 5.74) is 28.5. The van der Waals surface area contributed by atoms with Crippen LogP contribution in [0.2, 0.25) is 0 Å². The van der Waals surface area contributed by atoms with E-state index in [4.69, 9.17) is 28.7 Å². The van der Waals surface area contributed by atoms with E-state index in [0.29, 0.717) is 18.4 Å². The number of benzene rings is 3. The molecular weight excluding hydrogens is 588 g/mol. The molecule has 3 aromatic rings. The second kappa shape index (κ2) is 17.6. The van der Waals surface area contributed by atoms with Crippen LogP contribution in [0.25, 0.3) is 10.8 Å². The van der Waals surface area contributed by atoms with Crippen LogP contribution in [0.1, 0.15) is 41.6 Å². The molecule has 0 fully saturated rings. The van der Waals surface area contributed by atoms with Crippen molar-refractivity contribution in [1.82, 2.24) is 16.0 Å². The Morgan fingerprint density at radius 3 is 1.70 bits per heavy atom. The molecule has 0 unspecified atom stereocenters. The van der Waals surface area contributed by atoms with Gasteiger partial charge in [0, 0.05) is 25.1 Å². The summed E-state index contributed by atoms with van der Waals surface area (Å²) in [6.45, 7) is 0.426. The van der Waals surface area contributed by atoms with Crippen molar-refractivity contribution in [3.63, 3.8) is 0 Å². The molecular formula is C32H42N10O4. The first-order chi connectivity index (χ1) is 22.0. The summed E-state index contributed by atoms with van der Waals surface area (Å²) in [4.78, 5) is 60.4. The van der Waals surface area contributed by atoms with E-state index < -0.39 is 41.8 Å². The number of hydrogen-bond donors (Lipinski definition) is 8. The molecule has 13 N–H and O–H groups in total. The van der Waals surface area contributed by atoms with Crippen LogP contribution in [0.5, 0.6) is 0 Å². The number of nitrogens with two attached hydrogens (primary N) is 5. The minimum atomic E-state index is -1.10. The van der Waals surface area contributed by atoms with Gasteiger partial charge in [0.25, 0.3) is 5.91 Å². The van der Waals surface area contributed by atoms with Crippen molar-refractivity contribution in [3.05, 3.63) is 83.9 Å². The normalized spacial score (nSPS) is 12.6. The lowest BCUT2D eigenvalue weighted by molar-refractivity contribution is -0.132. The quantitative estimate of drug-likeness (QED) is 0.0558. The molecule has 0 aliphatic heterocycles. The van der Waals surface area contributed by atoms with Crippen molar-refractivity contribution in [2.75, 3.05) is 13.1 Å². The zero-order valence-corrected chi connectivity index (χ0v) is 25.5. The van der Waals surface area contributed by atoms with Crippen LogP contribution in [0.4, 0.5) is 0 Å². The second-order valence-corrected chi connectivity index (χ2v) is 10.7. The summed E-state index contributed by atoms with van der Waals surface area (Å²) < 4.78 is 0. The van der Waals surface area contributed by atoms with Gasteiger partial charge in [0.05, 0.1) is 0 Å². The number of carbonyl (C=O) groups excluding carboxylic acids is 4. The third kappa shape index (κ3) is 11.4. The van der Waals surface area contributed by atoms with Gasteiger partial charge in [0.2, 0.25) is 17.7 Å². The lowest BCUT2D eigenvalue weighted by Crippen LogP contribution is -2.56. The smallest absolute Gasteiger partial charge is 0.251 e. The number of primary amides is 1. The standard InChI is InChI=1S/C32H42N10O4/c33-27(43)26(19-20-14-15-21-8-4-5-11-23(21)18-20)42-30(46)25(13-7-17-39-32(36)37)41-29(45)24(12-6-16-38-31(34)35)40-28(44)22-9-2-1-3-10-22/h1-5,8-11,14-15,18,24-26H,6-7,12-13,16-17,19H2,(H2,33,43)(H,40,44)(H,41,45)(H,42,46)(H4,34,35,38)(H4,36,37,39)/t24-,25-,26-/m0/s1. The minimum absolute atomic E-state index is 0.0977. The van der Waals surface area contributed by atoms with E-state index in [2.05, 4.69) is 25.9 Å². The molecule has 0 bridgehead atoms. The first-order valence-corrected chi connectivity index (χ1v) is 14.9. The lowest BCUT2D eigenvalue weighted by atomic mass is 10.0. The van der Waals surface area contributed by atoms with Crippen LogP contribution in [-0.2, 0) is 20.8 Å². The van der Waals surface area contributed by atoms with Crippen LogP contribution >= 0.6 is 0 Å². The van der Waals surface area contributed by atoms with Crippen LogP contribution in [-0.4, -0.2) is 66.8 Å². The Kier molecular flexibility index (Phi) is 13.3. The Morgan fingerprint density at radius 1 is 0.609 bits per heavy atom. The van der Waals surface area contributed by atoms with Crippen molar-refractivity contribution < 1.29 is 19.2 Å². The molecule has 0 spiro atoms. The number of rotatable bonds is 17. The highest BCUT2D eigenvalue weighted by Crippen LogP contribution is 2.17. The van der Waals surface area contributed by atoms with E-state index in [9.17, 15) is 19.2 Å². The van der Waals surface area contributed by atoms with E-state index in [1.54, 1.807) is 30.3 Å². The maximum absolute atomic E-state index is 13.6. The molecule has 0 saturated carbocycles. The molecule has 0 saturated heterocycles. The minimum Gasteiger partial charge on any atom is -0.370 e. The van der Waals surface area contributed by atoms with E-state index in [1.807, 2.05) is 42.5 Å². The Hall–Kier alpha value is -5.66. The van der Waals surface area contributed by atoms with Gasteiger partial charge in [-0.3, -0.25) is 29.2 Å². The second-order valence-electron chi connectivity index (χ2n) is 10.7. The molecule has 3 atom stereocenters. The van der Waals surface area contributed by atoms with E-state index in [0.717, 1.165) is 16.3 Å². The number of amides is 4. The van der Waals surface area contributed by atoms with Crippen molar-refractivity contribution in [2.24, 2.45) is 38.7 Å². The van der Waals surface area contributed by atoms with Gasteiger partial charge in [-0.2, -0.15) is 0 Å². The largest absolute Gasteiger partial charge is 0.370 e. The fourth-order valence-corrected chi connectivity index (χ4v) is 4.74. The fourth-order valence-electron chi connectivity index (χ4n) is 4.74. The number of fused-ring (bicyclic) bond motifs is 1. The Bertz CT molecular complexity index is 1550. The maximum atomic E-state index is 13.6. The van der Waals surface area contributed by atoms with Crippen molar-refractivity contribution in [2.45, 2.75) is 50.2 Å². The van der Waals surface area contributed by atoms with Gasteiger partial charge in [-0.1, -0.05) is 60.7 Å². The zero-order chi connectivity index (χ0) is 33.5. The Balaban J connectivity index is 1.78. The molecule has 3 aromatic carbocycles. The third-order valence-electron chi connectivity index (χ3n) is 7.09. The lowest BCUT2D eigenvalue weighted by Gasteiger charge is -2.25. The molecule has 0 heterocycles. The molecule has 14 heteroatoms. The summed E-state index contributed by atoms with van der Waals surface area (Å²) in [6, 6.07) is 18.7. The van der Waals surface area contributed by atoms with Gasteiger partial charge in [0.1, 0.15) is 18.1 Å². The molecule has 244 valence electrons. The molecule has 3 rings (SSSR count). The first kappa shape index (κ1) is 34.8. The molecule has 0 aliphatic rings. The van der Waals surface area contributed by atoms with Gasteiger partial charge >= 0.3 is 0 Å². The van der Waals surface area contributed by atoms with Gasteiger partial charge in [0.15, 0.2) is 11.9 Å². The molecule has 4 amide bonds. The Morgan fingerprint density at radius 2 is 1.13 bits per heavy atom. The van der Waals surface area contributed by atoms with E-state index in [1.165, 1.54) is 0 Å². The maximum Gasteiger partial charge on any atom is 0.251 e. The highest BCUT2D eigenvalue weighted by Gasteiger charge is 2.29. The number of nitrogens with one attached hydrogen (secondary N) is 3. The van der Waals surface area contributed by atoms with Crippen molar-refractivity contribution >= 4 is 46.3 Å². The first-order valence-electron chi connectivity index (χ1n) is 14.9. The van der Waals surface area contributed by atoms with E-state index >= 15 is 0 Å². The summed E-state index contributed by atoms with van der Waals surface area (Å²) in [6.07, 6.45) is 1.13. The number of carbonyl (C=O) groups is 4. The molecule has 46 heavy (non-hydrogen) atoms. The predicted molar refractivity (Wildman–Crippen MR) is 178 cm³/mol. The fraction of sp³-hybridized carbons (Fsp3) is 0.312. The number of nitrogens with zero attached hydrogens (tertiary/aromatic N) is 2. The van der Waals surface area contributed by atoms with Crippen LogP contribution in [0.3, 0.4) is 0 Å². The summed E-state index contributed by atoms with van der Waals surface area (Å²) in [7, 11) is 0. The molecule has 14 nitrogen and oxygen atoms in total. The Labute approximate surface area is 267 Å². The molecule has 0 radical (unpaired) electrons. The van der Waals surface area contributed by atoms with Gasteiger partial charge in [-0.25, -0.2) is 0 Å². The van der Waals surface area contributed by atoms with Crippen LogP contribution in [0, 0.1) is 0 Å². The van der Waals surface area contributed by atoms with Gasteiger partial charge < -0.3 is 44.6 Å². The number of hydrogen-bond acceptors (Lipinski definition) is 6. The zero-order valence-electron chi connectivity index (χ0n) is 25.5. The topological polar surface area (TPSA) is 259 Å². The van der Waals surface area contributed by atoms with Gasteiger partial charge in [-0.15, -0.1) is 0 Å². The molecule has 0 aliphatic carbocycles. The van der Waals surface area contributed by atoms with Gasteiger partial charge in [-0.05, 0) is 54.2 Å². The number of guanidine groups is 2. The van der Waals surface area contributed by atoms with Crippen molar-refractivity contribution in [3.8, 4) is 0 Å². The van der Waals surface area contributed by atoms with Crippen LogP contribution < -0.4 is 44.6 Å². The highest BCUT2D eigenvalue weighted by molar-refractivity contribution is 5.98. The highest BCUT2D eigenvalue weighted by atomic mass is 16.2. The van der Waals surface area contributed by atoms with Crippen LogP contribution in [0.15, 0.2) is 82.8 Å². The van der Waals surface area contributed by atoms with Crippen molar-refractivity contribution in [1.29, 1.82) is 0 Å². The monoisotopic (exact) mass is 630 g/mol. The average Bonchev–Trinajstić information content (AvgIpc) is 3.03. The predicted octanol–water partition coefficient (Wildman–Crippen LogP) is -0.257. The number of aliphatic imine (C=N–C) groups is 2. The molecule has 0 aromatic heterocycles. The average molecular weight is 631 g/mol. The van der Waals surface area contributed by atoms with E-state index in [-0.39, 0.29) is 44.3 Å². The summed E-state index contributed by atoms with van der Waals surface area (Å²) in [5, 5.41) is 10.2. The summed E-state index contributed by atoms with van der Waals surface area (Å²) in [5.74, 6) is -2.66.